The molecule has 0 saturated carbocycles. The second-order valence-electron chi connectivity index (χ2n) is 8.24. The van der Waals surface area contributed by atoms with Crippen LogP contribution in [0.2, 0.25) is 0 Å². The third kappa shape index (κ3) is 5.20. The van der Waals surface area contributed by atoms with Crippen molar-refractivity contribution in [2.45, 2.75) is 83.1 Å². The van der Waals surface area contributed by atoms with Crippen molar-refractivity contribution in [3.8, 4) is 0 Å². The predicted octanol–water partition coefficient (Wildman–Crippen LogP) is 1.53. The Bertz CT molecular complexity index is 673. The summed E-state index contributed by atoms with van der Waals surface area (Å²) in [4.78, 5) is 0. The Balaban J connectivity index is 1.96. The zero-order valence-corrected chi connectivity index (χ0v) is 17.2. The normalized spacial score (nSPS) is 32.3. The van der Waals surface area contributed by atoms with Gasteiger partial charge in [0.05, 0.1) is 12.7 Å². The molecule has 1 heterocycles. The number of epoxide rings is 1. The van der Waals surface area contributed by atoms with Crippen LogP contribution >= 0.6 is 0 Å². The predicted molar refractivity (Wildman–Crippen MR) is 108 cm³/mol. The van der Waals surface area contributed by atoms with Crippen LogP contribution in [0.1, 0.15) is 47.0 Å². The van der Waals surface area contributed by atoms with E-state index in [-0.39, 0.29) is 6.61 Å². The number of allylic oxidation sites excluding steroid dienone is 3. The number of fused-ring (bicyclic) bond motifs is 1. The van der Waals surface area contributed by atoms with Crippen LogP contribution in [-0.2, 0) is 4.74 Å². The molecular formula is C22H34O6. The highest BCUT2D eigenvalue weighted by Crippen LogP contribution is 2.50. The highest BCUT2D eigenvalue weighted by Gasteiger charge is 2.69. The molecule has 6 nitrogen and oxygen atoms in total. The summed E-state index contributed by atoms with van der Waals surface area (Å²) >= 11 is 0. The van der Waals surface area contributed by atoms with Crippen molar-refractivity contribution in [3.05, 3.63) is 46.6 Å². The van der Waals surface area contributed by atoms with Gasteiger partial charge in [-0.15, -0.1) is 0 Å². The lowest BCUT2D eigenvalue weighted by atomic mass is 9.81. The third-order valence-corrected chi connectivity index (χ3v) is 5.41. The summed E-state index contributed by atoms with van der Waals surface area (Å²) in [6.45, 7) is 7.54. The van der Waals surface area contributed by atoms with Gasteiger partial charge in [-0.3, -0.25) is 0 Å². The summed E-state index contributed by atoms with van der Waals surface area (Å²) in [5.74, 6) is 0. The van der Waals surface area contributed by atoms with Crippen molar-refractivity contribution in [3.63, 3.8) is 0 Å². The molecule has 6 heteroatoms. The molecule has 2 rings (SSSR count). The first-order chi connectivity index (χ1) is 13.1. The van der Waals surface area contributed by atoms with Gasteiger partial charge >= 0.3 is 0 Å². The van der Waals surface area contributed by atoms with E-state index in [1.54, 1.807) is 13.0 Å². The van der Waals surface area contributed by atoms with Crippen LogP contribution < -0.4 is 0 Å². The molecule has 0 spiro atoms. The lowest BCUT2D eigenvalue weighted by Crippen LogP contribution is -2.48. The van der Waals surface area contributed by atoms with Gasteiger partial charge in [-0.1, -0.05) is 34.9 Å². The molecular weight excluding hydrogens is 360 g/mol. The van der Waals surface area contributed by atoms with Crippen LogP contribution in [0, 0.1) is 0 Å². The molecule has 1 aliphatic heterocycles. The summed E-state index contributed by atoms with van der Waals surface area (Å²) in [5.41, 5.74) is 2.14. The number of hydrogen-bond donors (Lipinski definition) is 5. The molecule has 0 radical (unpaired) electrons. The van der Waals surface area contributed by atoms with Gasteiger partial charge in [0.25, 0.3) is 0 Å². The van der Waals surface area contributed by atoms with Gasteiger partial charge in [-0.2, -0.15) is 0 Å². The van der Waals surface area contributed by atoms with Crippen LogP contribution in [-0.4, -0.2) is 68.3 Å². The zero-order valence-electron chi connectivity index (χ0n) is 17.2. The first-order valence-corrected chi connectivity index (χ1v) is 9.81. The summed E-state index contributed by atoms with van der Waals surface area (Å²) in [5, 5.41) is 50.6. The fraction of sp³-hybridized carbons (Fsp3) is 0.636. The summed E-state index contributed by atoms with van der Waals surface area (Å²) in [6, 6.07) is 0. The van der Waals surface area contributed by atoms with Crippen molar-refractivity contribution in [2.75, 3.05) is 6.61 Å². The number of ether oxygens (including phenoxy) is 1. The van der Waals surface area contributed by atoms with Gasteiger partial charge in [0.15, 0.2) is 5.60 Å². The minimum atomic E-state index is -1.29. The maximum Gasteiger partial charge on any atom is 0.156 e. The van der Waals surface area contributed by atoms with Crippen molar-refractivity contribution in [1.82, 2.24) is 0 Å². The van der Waals surface area contributed by atoms with Crippen LogP contribution in [0.3, 0.4) is 0 Å². The first-order valence-electron chi connectivity index (χ1n) is 9.81. The van der Waals surface area contributed by atoms with Crippen molar-refractivity contribution in [1.29, 1.82) is 0 Å². The van der Waals surface area contributed by atoms with Gasteiger partial charge in [-0.05, 0) is 58.6 Å². The summed E-state index contributed by atoms with van der Waals surface area (Å²) in [6.07, 6.45) is 4.36. The van der Waals surface area contributed by atoms with E-state index in [1.165, 1.54) is 11.6 Å². The van der Waals surface area contributed by atoms with E-state index in [0.717, 1.165) is 24.0 Å². The average molecular weight is 395 g/mol. The van der Waals surface area contributed by atoms with E-state index in [4.69, 9.17) is 4.74 Å². The van der Waals surface area contributed by atoms with Crippen LogP contribution in [0.15, 0.2) is 46.6 Å². The first kappa shape index (κ1) is 23.0. The van der Waals surface area contributed by atoms with Crippen LogP contribution in [0.5, 0.6) is 0 Å². The molecule has 0 unspecified atom stereocenters. The lowest BCUT2D eigenvalue weighted by molar-refractivity contribution is 0.0265. The minimum Gasteiger partial charge on any atom is -0.392 e. The standard InChI is InChI=1S/C22H34O6/c1-13(2)6-5-7-14(3)8-17(24)9-15(4)10-18(25)22-19(26)11-16(12-23)20(27)21(22)28-22/h6,8,10-11,17-21,23-27H,5,7,9,12H2,1-4H3/t17-,18-,19-,20+,21-,22+/m0/s1. The topological polar surface area (TPSA) is 114 Å². The Hall–Kier alpha value is -1.28. The van der Waals surface area contributed by atoms with Crippen LogP contribution in [0.4, 0.5) is 0 Å². The highest BCUT2D eigenvalue weighted by molar-refractivity contribution is 5.35. The molecule has 2 aliphatic rings. The minimum absolute atomic E-state index is 0.294. The Morgan fingerprint density at radius 3 is 2.43 bits per heavy atom. The van der Waals surface area contributed by atoms with Crippen molar-refractivity contribution < 1.29 is 30.3 Å². The molecule has 0 aromatic heterocycles. The van der Waals surface area contributed by atoms with Gasteiger partial charge in [0.1, 0.15) is 24.4 Å². The molecule has 158 valence electrons. The van der Waals surface area contributed by atoms with E-state index in [2.05, 4.69) is 19.9 Å². The van der Waals surface area contributed by atoms with Gasteiger partial charge in [-0.25, -0.2) is 0 Å². The monoisotopic (exact) mass is 394 g/mol. The second-order valence-corrected chi connectivity index (χ2v) is 8.24. The Morgan fingerprint density at radius 1 is 1.14 bits per heavy atom. The summed E-state index contributed by atoms with van der Waals surface area (Å²) < 4.78 is 5.48. The fourth-order valence-electron chi connectivity index (χ4n) is 3.78. The molecule has 0 aromatic carbocycles. The highest BCUT2D eigenvalue weighted by atomic mass is 16.6. The van der Waals surface area contributed by atoms with Gasteiger partial charge in [0, 0.05) is 0 Å². The molecule has 1 saturated heterocycles. The van der Waals surface area contributed by atoms with Gasteiger partial charge in [0.2, 0.25) is 0 Å². The zero-order chi connectivity index (χ0) is 21.1. The van der Waals surface area contributed by atoms with Gasteiger partial charge < -0.3 is 30.3 Å². The molecule has 6 atom stereocenters. The maximum atomic E-state index is 10.6. The Kier molecular flexibility index (Phi) is 7.79. The van der Waals surface area contributed by atoms with E-state index in [0.29, 0.717) is 12.0 Å². The van der Waals surface area contributed by atoms with E-state index >= 15 is 0 Å². The van der Waals surface area contributed by atoms with E-state index < -0.39 is 36.1 Å². The van der Waals surface area contributed by atoms with Crippen LogP contribution in [0.25, 0.3) is 0 Å². The quantitative estimate of drug-likeness (QED) is 0.299. The molecule has 1 fully saturated rings. The number of hydrogen-bond acceptors (Lipinski definition) is 6. The average Bonchev–Trinajstić information content (AvgIpc) is 3.35. The second kappa shape index (κ2) is 9.48. The SMILES string of the molecule is CC(C)=CCCC(C)=C[C@H](O)CC(C)=C[C@H](O)[C@]12O[C@H]1[C@H](O)C(CO)=C[C@@H]2O. The molecule has 5 N–H and O–H groups in total. The number of rotatable bonds is 9. The number of aliphatic hydroxyl groups is 5. The number of aliphatic hydroxyl groups excluding tert-OH is 5. The smallest absolute Gasteiger partial charge is 0.156 e. The Labute approximate surface area is 167 Å². The molecule has 0 amide bonds. The van der Waals surface area contributed by atoms with Crippen molar-refractivity contribution in [2.24, 2.45) is 0 Å². The summed E-state index contributed by atoms with van der Waals surface area (Å²) in [7, 11) is 0. The molecule has 1 aliphatic carbocycles. The molecule has 0 aromatic rings. The van der Waals surface area contributed by atoms with E-state index in [9.17, 15) is 25.5 Å². The largest absolute Gasteiger partial charge is 0.392 e. The Morgan fingerprint density at radius 2 is 1.82 bits per heavy atom. The maximum absolute atomic E-state index is 10.6. The lowest BCUT2D eigenvalue weighted by Gasteiger charge is -2.28. The third-order valence-electron chi connectivity index (χ3n) is 5.41. The van der Waals surface area contributed by atoms with Crippen molar-refractivity contribution >= 4 is 0 Å². The molecule has 0 bridgehead atoms. The van der Waals surface area contributed by atoms with E-state index in [1.807, 2.05) is 13.0 Å². The molecule has 28 heavy (non-hydrogen) atoms. The fourth-order valence-corrected chi connectivity index (χ4v) is 3.78.